The van der Waals surface area contributed by atoms with Gasteiger partial charge in [0.05, 0.1) is 7.11 Å². The van der Waals surface area contributed by atoms with E-state index in [0.29, 0.717) is 29.7 Å². The van der Waals surface area contributed by atoms with Crippen LogP contribution in [0.3, 0.4) is 0 Å². The normalized spacial score (nSPS) is 12.9. The second kappa shape index (κ2) is 12.2. The average molecular weight is 422 g/mol. The van der Waals surface area contributed by atoms with Gasteiger partial charge in [0.1, 0.15) is 23.7 Å². The molecule has 0 unspecified atom stereocenters. The number of benzene rings is 1. The van der Waals surface area contributed by atoms with E-state index in [0.717, 1.165) is 11.1 Å². The number of phenols is 1. The number of cyclic esters (lactones) is 1. The predicted octanol–water partition coefficient (Wildman–Crippen LogP) is 4.08. The zero-order chi connectivity index (χ0) is 22.8. The Bertz CT molecular complexity index is 775. The minimum atomic E-state index is -0.853. The quantitative estimate of drug-likeness (QED) is 0.458. The number of esters is 1. The van der Waals surface area contributed by atoms with Crippen molar-refractivity contribution in [1.29, 1.82) is 0 Å². The summed E-state index contributed by atoms with van der Waals surface area (Å²) in [6, 6.07) is 0. The fourth-order valence-electron chi connectivity index (χ4n) is 3.38. The summed E-state index contributed by atoms with van der Waals surface area (Å²) in [6.45, 7) is 13.9. The van der Waals surface area contributed by atoms with Crippen LogP contribution in [0.5, 0.6) is 11.5 Å². The number of carboxylic acids is 1. The lowest BCUT2D eigenvalue weighted by molar-refractivity contribution is -0.136. The largest absolute Gasteiger partial charge is 0.507 e. The van der Waals surface area contributed by atoms with Crippen LogP contribution in [0.25, 0.3) is 0 Å². The summed E-state index contributed by atoms with van der Waals surface area (Å²) < 4.78 is 10.4. The number of rotatable bonds is 9. The first-order valence-corrected chi connectivity index (χ1v) is 10.4. The van der Waals surface area contributed by atoms with Crippen LogP contribution in [0.2, 0.25) is 0 Å². The molecular formula is C23H35NO6. The molecule has 2 N–H and O–H groups in total. The van der Waals surface area contributed by atoms with Crippen molar-refractivity contribution in [3.63, 3.8) is 0 Å². The van der Waals surface area contributed by atoms with Crippen LogP contribution in [0.4, 0.5) is 0 Å². The molecule has 1 aromatic carbocycles. The van der Waals surface area contributed by atoms with Gasteiger partial charge in [-0.1, -0.05) is 32.4 Å². The number of hydrogen-bond donors (Lipinski definition) is 2. The molecule has 168 valence electrons. The van der Waals surface area contributed by atoms with Crippen LogP contribution < -0.4 is 4.74 Å². The fourth-order valence-corrected chi connectivity index (χ4v) is 3.38. The summed E-state index contributed by atoms with van der Waals surface area (Å²) in [6.07, 6.45) is 2.68. The minimum absolute atomic E-state index is 0.0565. The highest BCUT2D eigenvalue weighted by atomic mass is 16.5. The Morgan fingerprint density at radius 1 is 1.20 bits per heavy atom. The van der Waals surface area contributed by atoms with Crippen molar-refractivity contribution in [1.82, 2.24) is 4.90 Å². The Labute approximate surface area is 179 Å². The number of aromatic hydroxyl groups is 1. The lowest BCUT2D eigenvalue weighted by Gasteiger charge is -2.15. The van der Waals surface area contributed by atoms with Gasteiger partial charge in [0.15, 0.2) is 0 Å². The van der Waals surface area contributed by atoms with E-state index < -0.39 is 11.9 Å². The first-order valence-electron chi connectivity index (χ1n) is 10.4. The van der Waals surface area contributed by atoms with Crippen LogP contribution in [0.15, 0.2) is 11.6 Å². The van der Waals surface area contributed by atoms with Gasteiger partial charge in [0.25, 0.3) is 0 Å². The first-order chi connectivity index (χ1) is 14.2. The maximum atomic E-state index is 11.8. The second-order valence-corrected chi connectivity index (χ2v) is 7.18. The molecule has 0 aromatic heterocycles. The third kappa shape index (κ3) is 6.49. The van der Waals surface area contributed by atoms with Gasteiger partial charge in [0, 0.05) is 17.5 Å². The second-order valence-electron chi connectivity index (χ2n) is 7.18. The molecule has 0 radical (unpaired) electrons. The number of aliphatic carboxylic acids is 1. The lowest BCUT2D eigenvalue weighted by Crippen LogP contribution is -2.21. The molecule has 1 heterocycles. The van der Waals surface area contributed by atoms with E-state index in [2.05, 4.69) is 25.7 Å². The number of fused-ring (bicyclic) bond motifs is 1. The Hall–Kier alpha value is -2.54. The molecule has 1 aliphatic heterocycles. The van der Waals surface area contributed by atoms with Crippen LogP contribution in [0.1, 0.15) is 67.6 Å². The zero-order valence-corrected chi connectivity index (χ0v) is 19.0. The van der Waals surface area contributed by atoms with Gasteiger partial charge in [-0.15, -0.1) is 0 Å². The number of carbonyl (C=O) groups is 2. The van der Waals surface area contributed by atoms with E-state index in [4.69, 9.17) is 14.6 Å². The molecule has 7 heteroatoms. The molecule has 0 saturated heterocycles. The van der Waals surface area contributed by atoms with E-state index in [1.54, 1.807) is 0 Å². The van der Waals surface area contributed by atoms with E-state index in [9.17, 15) is 14.7 Å². The van der Waals surface area contributed by atoms with Gasteiger partial charge in [-0.05, 0) is 51.9 Å². The van der Waals surface area contributed by atoms with Gasteiger partial charge in [-0.2, -0.15) is 0 Å². The third-order valence-corrected chi connectivity index (χ3v) is 5.38. The number of carbonyl (C=O) groups excluding carboxylic acids is 1. The molecule has 0 bridgehead atoms. The standard InChI is InChI=1S/C17H20O6.C6H15N/c1-9(5-7-13(18)19)4-6-11-15(20)14-12(8-23-17(14)21)10(2)16(11)22-3;1-4-7(5-2)6-3/h4,20H,5-8H2,1-3H3,(H,18,19);4-6H2,1-3H3/b9-4+;. The van der Waals surface area contributed by atoms with Crippen molar-refractivity contribution >= 4 is 11.9 Å². The number of hydrogen-bond acceptors (Lipinski definition) is 6. The topological polar surface area (TPSA) is 96.3 Å². The predicted molar refractivity (Wildman–Crippen MR) is 116 cm³/mol. The van der Waals surface area contributed by atoms with Crippen LogP contribution in [0, 0.1) is 6.92 Å². The molecule has 0 saturated carbocycles. The number of ether oxygens (including phenoxy) is 2. The van der Waals surface area contributed by atoms with Gasteiger partial charge < -0.3 is 24.6 Å². The number of nitrogens with zero attached hydrogens (tertiary/aromatic N) is 1. The molecule has 30 heavy (non-hydrogen) atoms. The molecule has 0 aliphatic carbocycles. The van der Waals surface area contributed by atoms with E-state index >= 15 is 0 Å². The third-order valence-electron chi connectivity index (χ3n) is 5.38. The molecule has 0 fully saturated rings. The lowest BCUT2D eigenvalue weighted by atomic mass is 9.94. The zero-order valence-electron chi connectivity index (χ0n) is 19.0. The number of phenolic OH excluding ortho intramolecular Hbond substituents is 1. The van der Waals surface area contributed by atoms with Crippen molar-refractivity contribution < 1.29 is 29.3 Å². The summed E-state index contributed by atoms with van der Waals surface area (Å²) in [7, 11) is 1.51. The molecule has 7 nitrogen and oxygen atoms in total. The smallest absolute Gasteiger partial charge is 0.342 e. The molecule has 0 spiro atoms. The Kier molecular flexibility index (Phi) is 10.4. The molecule has 0 amide bonds. The Balaban J connectivity index is 0.000000553. The number of methoxy groups -OCH3 is 1. The average Bonchev–Trinajstić information content (AvgIpc) is 3.11. The Morgan fingerprint density at radius 3 is 2.27 bits per heavy atom. The van der Waals surface area contributed by atoms with Crippen LogP contribution >= 0.6 is 0 Å². The molecule has 1 aromatic rings. The monoisotopic (exact) mass is 421 g/mol. The number of allylic oxidation sites excluding steroid dienone is 2. The van der Waals surface area contributed by atoms with Crippen molar-refractivity contribution in [2.45, 2.75) is 60.5 Å². The summed E-state index contributed by atoms with van der Waals surface area (Å²) in [5.41, 5.74) is 3.04. The molecule has 1 aliphatic rings. The van der Waals surface area contributed by atoms with Crippen molar-refractivity contribution in [2.75, 3.05) is 26.7 Å². The summed E-state index contributed by atoms with van der Waals surface area (Å²) in [5, 5.41) is 19.1. The first kappa shape index (κ1) is 25.5. The van der Waals surface area contributed by atoms with Gasteiger partial charge >= 0.3 is 11.9 Å². The fraction of sp³-hybridized carbons (Fsp3) is 0.565. The highest BCUT2D eigenvalue weighted by Gasteiger charge is 2.31. The van der Waals surface area contributed by atoms with Gasteiger partial charge in [-0.3, -0.25) is 4.79 Å². The molecule has 2 rings (SSSR count). The number of carboxylic acid groups (broad SMARTS) is 1. The van der Waals surface area contributed by atoms with Crippen LogP contribution in [-0.4, -0.2) is 53.8 Å². The van der Waals surface area contributed by atoms with Gasteiger partial charge in [0.2, 0.25) is 0 Å². The highest BCUT2D eigenvalue weighted by molar-refractivity contribution is 5.98. The summed E-state index contributed by atoms with van der Waals surface area (Å²) in [5.74, 6) is -0.973. The van der Waals surface area contributed by atoms with Crippen molar-refractivity contribution in [3.8, 4) is 11.5 Å². The SMILES string of the molecule is CCN(CC)CC.COc1c(C)c2c(c(O)c1C/C=C(\C)CCC(=O)O)C(=O)OC2. The minimum Gasteiger partial charge on any atom is -0.507 e. The maximum Gasteiger partial charge on any atom is 0.342 e. The summed E-state index contributed by atoms with van der Waals surface area (Å²) in [4.78, 5) is 24.8. The Morgan fingerprint density at radius 2 is 1.80 bits per heavy atom. The maximum absolute atomic E-state index is 11.8. The van der Waals surface area contributed by atoms with Gasteiger partial charge in [-0.25, -0.2) is 4.79 Å². The van der Waals surface area contributed by atoms with Crippen molar-refractivity contribution in [2.24, 2.45) is 0 Å². The molecular weight excluding hydrogens is 386 g/mol. The van der Waals surface area contributed by atoms with Crippen molar-refractivity contribution in [3.05, 3.63) is 33.9 Å². The summed E-state index contributed by atoms with van der Waals surface area (Å²) >= 11 is 0. The van der Waals surface area contributed by atoms with E-state index in [1.165, 1.54) is 26.7 Å². The molecule has 0 atom stereocenters. The van der Waals surface area contributed by atoms with Crippen LogP contribution in [-0.2, 0) is 22.6 Å². The van der Waals surface area contributed by atoms with E-state index in [1.807, 2.05) is 19.9 Å². The van der Waals surface area contributed by atoms with E-state index in [-0.39, 0.29) is 24.3 Å². The highest BCUT2D eigenvalue weighted by Crippen LogP contribution is 2.42.